The minimum atomic E-state index is 0.783. The zero-order valence-electron chi connectivity index (χ0n) is 14.3. The van der Waals surface area contributed by atoms with E-state index in [1.165, 1.54) is 45.1 Å². The van der Waals surface area contributed by atoms with E-state index < -0.39 is 0 Å². The van der Waals surface area contributed by atoms with Gasteiger partial charge in [0.1, 0.15) is 0 Å². The molecule has 1 fully saturated rings. The Labute approximate surface area is 122 Å². The molecule has 1 saturated heterocycles. The highest BCUT2D eigenvalue weighted by atomic mass is 15.2. The highest BCUT2D eigenvalue weighted by molar-refractivity contribution is 4.85. The number of nitrogens with zero attached hydrogens (tertiary/aromatic N) is 1. The third-order valence-electron chi connectivity index (χ3n) is 5.43. The summed E-state index contributed by atoms with van der Waals surface area (Å²) in [6, 6.07) is 1.59. The Bertz CT molecular complexity index is 238. The van der Waals surface area contributed by atoms with Crippen LogP contribution in [0.1, 0.15) is 80.1 Å². The molecule has 114 valence electrons. The van der Waals surface area contributed by atoms with Crippen LogP contribution in [0.25, 0.3) is 0 Å². The van der Waals surface area contributed by atoms with E-state index in [4.69, 9.17) is 0 Å². The van der Waals surface area contributed by atoms with Crippen molar-refractivity contribution in [2.75, 3.05) is 6.54 Å². The van der Waals surface area contributed by atoms with Crippen molar-refractivity contribution in [3.8, 4) is 0 Å². The Morgan fingerprint density at radius 2 is 1.74 bits per heavy atom. The van der Waals surface area contributed by atoms with Gasteiger partial charge >= 0.3 is 0 Å². The summed E-state index contributed by atoms with van der Waals surface area (Å²) in [7, 11) is 0. The maximum absolute atomic E-state index is 2.77. The Kier molecular flexibility index (Phi) is 7.42. The molecule has 0 saturated carbocycles. The van der Waals surface area contributed by atoms with Crippen molar-refractivity contribution < 1.29 is 0 Å². The zero-order chi connectivity index (χ0) is 14.4. The molecule has 0 radical (unpaired) electrons. The SMILES string of the molecule is CCC(C)CC(C)CCC(C)N1CC(CC)CC1C. The van der Waals surface area contributed by atoms with Crippen LogP contribution in [0.4, 0.5) is 0 Å². The van der Waals surface area contributed by atoms with Gasteiger partial charge in [-0.2, -0.15) is 0 Å². The maximum atomic E-state index is 2.77. The summed E-state index contributed by atoms with van der Waals surface area (Å²) in [5.74, 6) is 2.76. The molecule has 0 aromatic carbocycles. The Balaban J connectivity index is 2.29. The van der Waals surface area contributed by atoms with Gasteiger partial charge in [-0.05, 0) is 57.3 Å². The van der Waals surface area contributed by atoms with Gasteiger partial charge in [0, 0.05) is 18.6 Å². The minimum absolute atomic E-state index is 0.783. The van der Waals surface area contributed by atoms with Gasteiger partial charge in [-0.25, -0.2) is 0 Å². The summed E-state index contributed by atoms with van der Waals surface area (Å²) in [4.78, 5) is 2.77. The second-order valence-corrected chi connectivity index (χ2v) is 7.34. The van der Waals surface area contributed by atoms with Crippen LogP contribution in [-0.2, 0) is 0 Å². The van der Waals surface area contributed by atoms with Crippen LogP contribution in [0, 0.1) is 17.8 Å². The molecule has 0 aliphatic carbocycles. The second kappa shape index (κ2) is 8.29. The van der Waals surface area contributed by atoms with E-state index in [9.17, 15) is 0 Å². The van der Waals surface area contributed by atoms with Crippen LogP contribution in [0.5, 0.6) is 0 Å². The average molecular weight is 268 g/mol. The lowest BCUT2D eigenvalue weighted by Crippen LogP contribution is -2.36. The van der Waals surface area contributed by atoms with E-state index in [0.717, 1.165) is 29.8 Å². The molecular formula is C18H37N. The summed E-state index contributed by atoms with van der Waals surface area (Å²) in [6.45, 7) is 15.7. The van der Waals surface area contributed by atoms with Gasteiger partial charge < -0.3 is 0 Å². The lowest BCUT2D eigenvalue weighted by molar-refractivity contribution is 0.179. The normalized spacial score (nSPS) is 29.4. The molecule has 0 amide bonds. The maximum Gasteiger partial charge on any atom is 0.00729 e. The first-order chi connectivity index (χ1) is 8.97. The van der Waals surface area contributed by atoms with Crippen molar-refractivity contribution in [3.05, 3.63) is 0 Å². The molecular weight excluding hydrogens is 230 g/mol. The highest BCUT2D eigenvalue weighted by Gasteiger charge is 2.30. The third-order valence-corrected chi connectivity index (χ3v) is 5.43. The van der Waals surface area contributed by atoms with Crippen molar-refractivity contribution in [2.24, 2.45) is 17.8 Å². The molecule has 1 nitrogen and oxygen atoms in total. The van der Waals surface area contributed by atoms with Gasteiger partial charge in [-0.1, -0.05) is 40.5 Å². The quantitative estimate of drug-likeness (QED) is 0.573. The summed E-state index contributed by atoms with van der Waals surface area (Å²) < 4.78 is 0. The van der Waals surface area contributed by atoms with Crippen molar-refractivity contribution in [1.82, 2.24) is 4.90 Å². The Morgan fingerprint density at radius 1 is 1.05 bits per heavy atom. The van der Waals surface area contributed by atoms with E-state index in [1.807, 2.05) is 0 Å². The number of hydrogen-bond donors (Lipinski definition) is 0. The van der Waals surface area contributed by atoms with Crippen molar-refractivity contribution in [2.45, 2.75) is 92.2 Å². The van der Waals surface area contributed by atoms with Crippen LogP contribution < -0.4 is 0 Å². The van der Waals surface area contributed by atoms with Gasteiger partial charge in [0.2, 0.25) is 0 Å². The van der Waals surface area contributed by atoms with E-state index in [-0.39, 0.29) is 0 Å². The summed E-state index contributed by atoms with van der Waals surface area (Å²) in [6.07, 6.45) is 8.32. The second-order valence-electron chi connectivity index (χ2n) is 7.34. The molecule has 0 spiro atoms. The fourth-order valence-electron chi connectivity index (χ4n) is 3.74. The molecule has 0 aromatic heterocycles. The topological polar surface area (TPSA) is 3.24 Å². The molecule has 1 rings (SSSR count). The van der Waals surface area contributed by atoms with Crippen LogP contribution in [-0.4, -0.2) is 23.5 Å². The summed E-state index contributed by atoms with van der Waals surface area (Å²) in [5, 5.41) is 0. The van der Waals surface area contributed by atoms with Crippen molar-refractivity contribution in [3.63, 3.8) is 0 Å². The standard InChI is InChI=1S/C18H37N/c1-7-14(3)11-15(4)9-10-16(5)19-13-18(8-2)12-17(19)6/h14-18H,7-13H2,1-6H3. The molecule has 1 heterocycles. The Morgan fingerprint density at radius 3 is 2.26 bits per heavy atom. The molecule has 19 heavy (non-hydrogen) atoms. The first kappa shape index (κ1) is 17.0. The van der Waals surface area contributed by atoms with Crippen molar-refractivity contribution in [1.29, 1.82) is 0 Å². The molecule has 5 unspecified atom stereocenters. The molecule has 0 aromatic rings. The van der Waals surface area contributed by atoms with Gasteiger partial charge in [-0.3, -0.25) is 4.90 Å². The summed E-state index contributed by atoms with van der Waals surface area (Å²) >= 11 is 0. The fraction of sp³-hybridized carbons (Fsp3) is 1.00. The third kappa shape index (κ3) is 5.45. The smallest absolute Gasteiger partial charge is 0.00729 e. The molecule has 1 heteroatoms. The van der Waals surface area contributed by atoms with Gasteiger partial charge in [0.25, 0.3) is 0 Å². The van der Waals surface area contributed by atoms with Crippen LogP contribution in [0.15, 0.2) is 0 Å². The first-order valence-corrected chi connectivity index (χ1v) is 8.73. The average Bonchev–Trinajstić information content (AvgIpc) is 2.77. The summed E-state index contributed by atoms with van der Waals surface area (Å²) in [5.41, 5.74) is 0. The predicted octanol–water partition coefficient (Wildman–Crippen LogP) is 5.35. The highest BCUT2D eigenvalue weighted by Crippen LogP contribution is 2.29. The molecule has 1 aliphatic heterocycles. The van der Waals surface area contributed by atoms with Gasteiger partial charge in [0.15, 0.2) is 0 Å². The minimum Gasteiger partial charge on any atom is -0.298 e. The number of likely N-dealkylation sites (tertiary alicyclic amines) is 1. The molecule has 5 atom stereocenters. The van der Waals surface area contributed by atoms with Crippen molar-refractivity contribution >= 4 is 0 Å². The lowest BCUT2D eigenvalue weighted by atomic mass is 9.91. The van der Waals surface area contributed by atoms with Crippen LogP contribution in [0.2, 0.25) is 0 Å². The van der Waals surface area contributed by atoms with Crippen LogP contribution in [0.3, 0.4) is 0 Å². The van der Waals surface area contributed by atoms with Gasteiger partial charge in [0.05, 0.1) is 0 Å². The largest absolute Gasteiger partial charge is 0.298 e. The van der Waals surface area contributed by atoms with E-state index >= 15 is 0 Å². The van der Waals surface area contributed by atoms with Gasteiger partial charge in [-0.15, -0.1) is 0 Å². The molecule has 0 N–H and O–H groups in total. The van der Waals surface area contributed by atoms with Crippen LogP contribution >= 0.6 is 0 Å². The monoisotopic (exact) mass is 267 g/mol. The lowest BCUT2D eigenvalue weighted by Gasteiger charge is -2.29. The zero-order valence-corrected chi connectivity index (χ0v) is 14.3. The first-order valence-electron chi connectivity index (χ1n) is 8.73. The molecule has 0 bridgehead atoms. The Hall–Kier alpha value is -0.0400. The number of rotatable bonds is 8. The number of hydrogen-bond acceptors (Lipinski definition) is 1. The van der Waals surface area contributed by atoms with E-state index in [2.05, 4.69) is 46.4 Å². The fourth-order valence-corrected chi connectivity index (χ4v) is 3.74. The van der Waals surface area contributed by atoms with E-state index in [0.29, 0.717) is 0 Å². The molecule has 1 aliphatic rings. The predicted molar refractivity (Wildman–Crippen MR) is 86.5 cm³/mol. The van der Waals surface area contributed by atoms with E-state index in [1.54, 1.807) is 0 Å².